The Kier molecular flexibility index (Phi) is 2.97. The Hall–Kier alpha value is -1.70. The van der Waals surface area contributed by atoms with Crippen molar-refractivity contribution in [2.24, 2.45) is 0 Å². The van der Waals surface area contributed by atoms with Crippen molar-refractivity contribution >= 4 is 10.2 Å². The van der Waals surface area contributed by atoms with Crippen LogP contribution in [-0.4, -0.2) is 23.2 Å². The fraction of sp³-hybridized carbons (Fsp3) is 0.333. The molecule has 2 heterocycles. The van der Waals surface area contributed by atoms with E-state index in [0.29, 0.717) is 18.5 Å². The fourth-order valence-corrected chi connectivity index (χ4v) is 2.08. The number of furan rings is 1. The zero-order valence-electron chi connectivity index (χ0n) is 9.00. The molecule has 0 aliphatic carbocycles. The predicted octanol–water partition coefficient (Wildman–Crippen LogP) is 1.61. The highest BCUT2D eigenvalue weighted by atomic mass is 32.3. The molecule has 0 saturated carbocycles. The van der Waals surface area contributed by atoms with Crippen molar-refractivity contribution in [2.75, 3.05) is 0 Å². The van der Waals surface area contributed by atoms with E-state index in [1.807, 2.05) is 6.92 Å². The molecule has 8 heteroatoms. The summed E-state index contributed by atoms with van der Waals surface area (Å²) in [5, 5.41) is 6.38. The maximum absolute atomic E-state index is 13.0. The van der Waals surface area contributed by atoms with Gasteiger partial charge in [-0.2, -0.15) is 8.42 Å². The number of nitrogens with zero attached hydrogens (tertiary/aromatic N) is 3. The number of rotatable bonds is 4. The third kappa shape index (κ3) is 2.21. The highest BCUT2D eigenvalue weighted by Crippen LogP contribution is 2.22. The van der Waals surface area contributed by atoms with Crippen molar-refractivity contribution in [3.05, 3.63) is 18.6 Å². The quantitative estimate of drug-likeness (QED) is 0.779. The second-order valence-electron chi connectivity index (χ2n) is 3.41. The standard InChI is InChI=1S/C9H10FN3O3S/c1-2-4-13-8(7-3-5-16-6-7)11-12-9(13)17(10,14)15/h3,5-6H,2,4H2,1H3. The predicted molar refractivity (Wildman–Crippen MR) is 56.3 cm³/mol. The van der Waals surface area contributed by atoms with E-state index >= 15 is 0 Å². The van der Waals surface area contributed by atoms with Crippen LogP contribution in [0.25, 0.3) is 11.4 Å². The molecule has 2 aromatic heterocycles. The van der Waals surface area contributed by atoms with E-state index < -0.39 is 15.4 Å². The SMILES string of the molecule is CCCn1c(-c2ccoc2)nnc1S(=O)(=O)F. The van der Waals surface area contributed by atoms with Crippen molar-refractivity contribution in [3.8, 4) is 11.4 Å². The molecule has 0 aliphatic rings. The van der Waals surface area contributed by atoms with E-state index in [1.165, 1.54) is 17.1 Å². The first kappa shape index (κ1) is 11.8. The first-order chi connectivity index (χ1) is 8.04. The van der Waals surface area contributed by atoms with Crippen LogP contribution in [0.2, 0.25) is 0 Å². The second kappa shape index (κ2) is 4.28. The number of aromatic nitrogens is 3. The van der Waals surface area contributed by atoms with E-state index in [4.69, 9.17) is 4.42 Å². The lowest BCUT2D eigenvalue weighted by Gasteiger charge is -2.04. The first-order valence-electron chi connectivity index (χ1n) is 4.94. The highest BCUT2D eigenvalue weighted by molar-refractivity contribution is 7.86. The van der Waals surface area contributed by atoms with Crippen LogP contribution in [0.4, 0.5) is 3.89 Å². The molecule has 0 radical (unpaired) electrons. The van der Waals surface area contributed by atoms with Crippen LogP contribution >= 0.6 is 0 Å². The van der Waals surface area contributed by atoms with Gasteiger partial charge in [0.2, 0.25) is 0 Å². The summed E-state index contributed by atoms with van der Waals surface area (Å²) in [7, 11) is -4.87. The Bertz CT molecular complexity index is 603. The molecule has 0 amide bonds. The van der Waals surface area contributed by atoms with E-state index in [2.05, 4.69) is 10.2 Å². The second-order valence-corrected chi connectivity index (χ2v) is 4.65. The maximum atomic E-state index is 13.0. The Morgan fingerprint density at radius 2 is 2.24 bits per heavy atom. The van der Waals surface area contributed by atoms with Crippen LogP contribution in [0.1, 0.15) is 13.3 Å². The molecule has 0 spiro atoms. The fourth-order valence-electron chi connectivity index (χ4n) is 1.50. The van der Waals surface area contributed by atoms with E-state index in [-0.39, 0.29) is 5.82 Å². The van der Waals surface area contributed by atoms with Gasteiger partial charge in [-0.05, 0) is 12.5 Å². The van der Waals surface area contributed by atoms with Crippen molar-refractivity contribution in [1.82, 2.24) is 14.8 Å². The monoisotopic (exact) mass is 259 g/mol. The molecule has 0 bridgehead atoms. The van der Waals surface area contributed by atoms with E-state index in [9.17, 15) is 12.3 Å². The van der Waals surface area contributed by atoms with Crippen LogP contribution in [-0.2, 0) is 16.8 Å². The van der Waals surface area contributed by atoms with Crippen molar-refractivity contribution in [3.63, 3.8) is 0 Å². The number of halogens is 1. The summed E-state index contributed by atoms with van der Waals surface area (Å²) in [6.07, 6.45) is 3.44. The highest BCUT2D eigenvalue weighted by Gasteiger charge is 2.24. The largest absolute Gasteiger partial charge is 0.472 e. The lowest BCUT2D eigenvalue weighted by molar-refractivity contribution is 0.520. The van der Waals surface area contributed by atoms with Gasteiger partial charge in [0.15, 0.2) is 5.82 Å². The van der Waals surface area contributed by atoms with Gasteiger partial charge in [-0.1, -0.05) is 10.8 Å². The minimum atomic E-state index is -4.87. The molecule has 0 aromatic carbocycles. The minimum Gasteiger partial charge on any atom is -0.472 e. The smallest absolute Gasteiger partial charge is 0.368 e. The summed E-state index contributed by atoms with van der Waals surface area (Å²) in [6, 6.07) is 1.60. The molecule has 17 heavy (non-hydrogen) atoms. The molecule has 0 unspecified atom stereocenters. The summed E-state index contributed by atoms with van der Waals surface area (Å²) in [6.45, 7) is 2.15. The van der Waals surface area contributed by atoms with Crippen molar-refractivity contribution in [1.29, 1.82) is 0 Å². The van der Waals surface area contributed by atoms with Gasteiger partial charge in [-0.15, -0.1) is 10.2 Å². The summed E-state index contributed by atoms with van der Waals surface area (Å²) >= 11 is 0. The lowest BCUT2D eigenvalue weighted by atomic mass is 10.3. The molecular formula is C9H10FN3O3S. The Labute approximate surface area is 97.3 Å². The van der Waals surface area contributed by atoms with Gasteiger partial charge in [0.25, 0.3) is 5.16 Å². The summed E-state index contributed by atoms with van der Waals surface area (Å²) in [4.78, 5) is 0. The average Bonchev–Trinajstić information content (AvgIpc) is 2.82. The molecule has 92 valence electrons. The molecule has 6 nitrogen and oxygen atoms in total. The van der Waals surface area contributed by atoms with Crippen LogP contribution in [0.15, 0.2) is 28.2 Å². The zero-order valence-corrected chi connectivity index (χ0v) is 9.82. The van der Waals surface area contributed by atoms with Crippen LogP contribution in [0.3, 0.4) is 0 Å². The lowest BCUT2D eigenvalue weighted by Crippen LogP contribution is -2.08. The van der Waals surface area contributed by atoms with Gasteiger partial charge in [0.1, 0.15) is 6.26 Å². The first-order valence-corrected chi connectivity index (χ1v) is 6.33. The van der Waals surface area contributed by atoms with E-state index in [1.54, 1.807) is 6.07 Å². The number of hydrogen-bond acceptors (Lipinski definition) is 5. The van der Waals surface area contributed by atoms with Gasteiger partial charge in [-0.3, -0.25) is 4.57 Å². The van der Waals surface area contributed by atoms with Crippen LogP contribution in [0.5, 0.6) is 0 Å². The topological polar surface area (TPSA) is 78.0 Å². The Balaban J connectivity index is 2.59. The van der Waals surface area contributed by atoms with Gasteiger partial charge in [0.05, 0.1) is 11.8 Å². The van der Waals surface area contributed by atoms with Gasteiger partial charge in [0, 0.05) is 6.54 Å². The Morgan fingerprint density at radius 1 is 1.47 bits per heavy atom. The van der Waals surface area contributed by atoms with Crippen LogP contribution < -0.4 is 0 Å². The van der Waals surface area contributed by atoms with Crippen LogP contribution in [0, 0.1) is 0 Å². The molecule has 0 N–H and O–H groups in total. The number of hydrogen-bond donors (Lipinski definition) is 0. The Morgan fingerprint density at radius 3 is 2.76 bits per heavy atom. The van der Waals surface area contributed by atoms with Crippen molar-refractivity contribution < 1.29 is 16.7 Å². The normalized spacial score (nSPS) is 11.9. The van der Waals surface area contributed by atoms with Gasteiger partial charge in [-0.25, -0.2) is 0 Å². The third-order valence-electron chi connectivity index (χ3n) is 2.16. The van der Waals surface area contributed by atoms with E-state index in [0.717, 1.165) is 0 Å². The minimum absolute atomic E-state index is 0.275. The van der Waals surface area contributed by atoms with Crippen molar-refractivity contribution in [2.45, 2.75) is 25.0 Å². The third-order valence-corrected chi connectivity index (χ3v) is 2.90. The molecule has 0 fully saturated rings. The summed E-state index contributed by atoms with van der Waals surface area (Å²) in [5.74, 6) is 0.275. The maximum Gasteiger partial charge on any atom is 0.368 e. The molecule has 0 saturated heterocycles. The molecule has 2 aromatic rings. The summed E-state index contributed by atoms with van der Waals surface area (Å²) in [5.41, 5.74) is 0.556. The molecular weight excluding hydrogens is 249 g/mol. The molecule has 0 atom stereocenters. The molecule has 2 rings (SSSR count). The van der Waals surface area contributed by atoms with Gasteiger partial charge >= 0.3 is 10.2 Å². The zero-order chi connectivity index (χ0) is 12.5. The molecule has 0 aliphatic heterocycles. The summed E-state index contributed by atoms with van der Waals surface area (Å²) < 4.78 is 40.9. The van der Waals surface area contributed by atoms with Gasteiger partial charge < -0.3 is 4.42 Å². The average molecular weight is 259 g/mol.